The van der Waals surface area contributed by atoms with Gasteiger partial charge in [-0.25, -0.2) is 9.78 Å². The minimum absolute atomic E-state index is 0.0423. The molecule has 0 spiro atoms. The van der Waals surface area contributed by atoms with Gasteiger partial charge in [-0.3, -0.25) is 19.4 Å². The highest BCUT2D eigenvalue weighted by molar-refractivity contribution is 6.01. The van der Waals surface area contributed by atoms with E-state index in [1.807, 2.05) is 56.9 Å². The van der Waals surface area contributed by atoms with E-state index in [1.54, 1.807) is 6.20 Å². The highest BCUT2D eigenvalue weighted by Gasteiger charge is 2.30. The first-order valence-electron chi connectivity index (χ1n) is 13.9. The first-order valence-corrected chi connectivity index (χ1v) is 13.9. The quantitative estimate of drug-likeness (QED) is 0.357. The standard InChI is InChI=1S/C30H31N9O2/c1-35(2)21-6-9-36(10-7-21)30(41)38-12-11-37-18-23(22-14-19(15-31)13-20(17-38)28(22)37)26-27(33-34-29(26)40)24-16-32-25-5-3-4-8-39(24)25/h3-5,8,13-14,16,18,21H,6-7,9-12,17H2,1-2H3,(H2,33,34,40). The molecular weight excluding hydrogens is 518 g/mol. The van der Waals surface area contributed by atoms with E-state index in [1.165, 1.54) is 0 Å². The summed E-state index contributed by atoms with van der Waals surface area (Å²) in [7, 11) is 4.18. The molecule has 7 rings (SSSR count). The van der Waals surface area contributed by atoms with Crippen LogP contribution in [-0.4, -0.2) is 84.7 Å². The number of H-pyrrole nitrogens is 2. The lowest BCUT2D eigenvalue weighted by Gasteiger charge is -2.37. The Kier molecular flexibility index (Phi) is 5.94. The van der Waals surface area contributed by atoms with Crippen LogP contribution in [0.2, 0.25) is 0 Å². The molecule has 2 N–H and O–H groups in total. The molecule has 0 saturated carbocycles. The lowest BCUT2D eigenvalue weighted by Crippen LogP contribution is -2.49. The zero-order chi connectivity index (χ0) is 28.2. The molecule has 2 aliphatic heterocycles. The molecule has 6 heterocycles. The summed E-state index contributed by atoms with van der Waals surface area (Å²) >= 11 is 0. The molecule has 1 saturated heterocycles. The number of nitrogens with zero attached hydrogens (tertiary/aromatic N) is 7. The smallest absolute Gasteiger partial charge is 0.320 e. The van der Waals surface area contributed by atoms with Crippen LogP contribution >= 0.6 is 0 Å². The van der Waals surface area contributed by atoms with Crippen molar-refractivity contribution in [3.05, 3.63) is 70.4 Å². The molecule has 2 aliphatic rings. The number of benzene rings is 1. The zero-order valence-electron chi connectivity index (χ0n) is 23.1. The number of amides is 2. The molecule has 0 bridgehead atoms. The molecule has 1 fully saturated rings. The molecule has 208 valence electrons. The third-order valence-electron chi connectivity index (χ3n) is 8.61. The average Bonchev–Trinajstić information content (AvgIpc) is 3.65. The zero-order valence-corrected chi connectivity index (χ0v) is 23.1. The fraction of sp³-hybridized carbons (Fsp3) is 0.333. The van der Waals surface area contributed by atoms with Crippen molar-refractivity contribution in [2.24, 2.45) is 0 Å². The van der Waals surface area contributed by atoms with E-state index in [9.17, 15) is 14.9 Å². The van der Waals surface area contributed by atoms with Crippen LogP contribution in [0.1, 0.15) is 24.0 Å². The number of likely N-dealkylation sites (tertiary alicyclic amines) is 1. The second kappa shape index (κ2) is 9.67. The fourth-order valence-corrected chi connectivity index (χ4v) is 6.46. The number of pyridine rings is 1. The van der Waals surface area contributed by atoms with E-state index >= 15 is 0 Å². The lowest BCUT2D eigenvalue weighted by molar-refractivity contribution is 0.117. The van der Waals surface area contributed by atoms with Gasteiger partial charge in [-0.1, -0.05) is 6.07 Å². The van der Waals surface area contributed by atoms with Gasteiger partial charge in [0.15, 0.2) is 0 Å². The van der Waals surface area contributed by atoms with Gasteiger partial charge in [-0.05, 0) is 56.8 Å². The summed E-state index contributed by atoms with van der Waals surface area (Å²) in [4.78, 5) is 37.5. The number of aromatic nitrogens is 5. The lowest BCUT2D eigenvalue weighted by atomic mass is 9.99. The Morgan fingerprint density at radius 1 is 1.10 bits per heavy atom. The highest BCUT2D eigenvalue weighted by Crippen LogP contribution is 2.38. The second-order valence-corrected chi connectivity index (χ2v) is 11.2. The average molecular weight is 550 g/mol. The van der Waals surface area contributed by atoms with E-state index in [2.05, 4.69) is 44.8 Å². The van der Waals surface area contributed by atoms with Gasteiger partial charge in [0, 0.05) is 62.1 Å². The van der Waals surface area contributed by atoms with Crippen LogP contribution in [-0.2, 0) is 13.1 Å². The van der Waals surface area contributed by atoms with E-state index in [-0.39, 0.29) is 11.6 Å². The maximum atomic E-state index is 13.6. The van der Waals surface area contributed by atoms with Crippen molar-refractivity contribution in [3.63, 3.8) is 0 Å². The molecule has 0 unspecified atom stereocenters. The van der Waals surface area contributed by atoms with Crippen molar-refractivity contribution < 1.29 is 4.79 Å². The SMILES string of the molecule is CN(C)C1CCN(C(=O)N2CCn3cc(-c4c(-c5cnc6ccccn56)[nH][nH]c4=O)c4cc(C#N)cc(c43)C2)CC1. The Labute approximate surface area is 236 Å². The molecule has 11 heteroatoms. The Hall–Kier alpha value is -4.82. The molecule has 11 nitrogen and oxygen atoms in total. The summed E-state index contributed by atoms with van der Waals surface area (Å²) in [5.41, 5.74) is 5.51. The summed E-state index contributed by atoms with van der Waals surface area (Å²) < 4.78 is 4.05. The first-order chi connectivity index (χ1) is 19.9. The van der Waals surface area contributed by atoms with Crippen LogP contribution < -0.4 is 5.56 Å². The number of urea groups is 1. The molecular formula is C30H31N9O2. The topological polar surface area (TPSA) is 121 Å². The van der Waals surface area contributed by atoms with Crippen molar-refractivity contribution in [3.8, 4) is 28.6 Å². The third kappa shape index (κ3) is 4.10. The Balaban J connectivity index is 1.29. The van der Waals surface area contributed by atoms with Gasteiger partial charge in [-0.15, -0.1) is 0 Å². The van der Waals surface area contributed by atoms with E-state index in [0.29, 0.717) is 42.5 Å². The summed E-state index contributed by atoms with van der Waals surface area (Å²) in [6, 6.07) is 12.3. The molecule has 4 aromatic heterocycles. The number of nitrogens with one attached hydrogen (secondary N) is 2. The first kappa shape index (κ1) is 25.2. The third-order valence-corrected chi connectivity index (χ3v) is 8.61. The fourth-order valence-electron chi connectivity index (χ4n) is 6.46. The number of piperidine rings is 1. The molecule has 0 radical (unpaired) electrons. The molecule has 1 aromatic carbocycles. The molecule has 0 atom stereocenters. The number of carbonyl (C=O) groups is 1. The van der Waals surface area contributed by atoms with Gasteiger partial charge in [0.1, 0.15) is 5.65 Å². The van der Waals surface area contributed by atoms with Crippen molar-refractivity contribution in [2.45, 2.75) is 32.0 Å². The van der Waals surface area contributed by atoms with Gasteiger partial charge in [0.2, 0.25) is 0 Å². The Morgan fingerprint density at radius 2 is 1.93 bits per heavy atom. The second-order valence-electron chi connectivity index (χ2n) is 11.2. The number of nitriles is 1. The van der Waals surface area contributed by atoms with Gasteiger partial charge in [0.05, 0.1) is 40.3 Å². The maximum Gasteiger partial charge on any atom is 0.320 e. The number of imidazole rings is 1. The number of hydrogen-bond acceptors (Lipinski definition) is 5. The largest absolute Gasteiger partial charge is 0.345 e. The molecule has 5 aromatic rings. The van der Waals surface area contributed by atoms with Gasteiger partial charge in [-0.2, -0.15) is 5.26 Å². The van der Waals surface area contributed by atoms with E-state index in [0.717, 1.165) is 59.3 Å². The predicted molar refractivity (Wildman–Crippen MR) is 155 cm³/mol. The molecule has 2 amide bonds. The summed E-state index contributed by atoms with van der Waals surface area (Å²) in [6.07, 6.45) is 7.57. The van der Waals surface area contributed by atoms with Crippen LogP contribution in [0.5, 0.6) is 0 Å². The molecule has 0 aliphatic carbocycles. The van der Waals surface area contributed by atoms with E-state index in [4.69, 9.17) is 0 Å². The number of aromatic amines is 2. The summed E-state index contributed by atoms with van der Waals surface area (Å²) in [6.45, 7) is 3.01. The van der Waals surface area contributed by atoms with Gasteiger partial charge < -0.3 is 19.3 Å². The highest BCUT2D eigenvalue weighted by atomic mass is 16.2. The van der Waals surface area contributed by atoms with E-state index < -0.39 is 0 Å². The summed E-state index contributed by atoms with van der Waals surface area (Å²) in [5, 5.41) is 16.6. The Bertz CT molecular complexity index is 1890. The van der Waals surface area contributed by atoms with Crippen molar-refractivity contribution in [1.29, 1.82) is 5.26 Å². The minimum Gasteiger partial charge on any atom is -0.345 e. The normalized spacial score (nSPS) is 16.0. The number of carbonyl (C=O) groups excluding carboxylic acids is 1. The van der Waals surface area contributed by atoms with Gasteiger partial charge in [0.25, 0.3) is 5.56 Å². The predicted octanol–water partition coefficient (Wildman–Crippen LogP) is 3.47. The molecule has 41 heavy (non-hydrogen) atoms. The van der Waals surface area contributed by atoms with Crippen LogP contribution in [0.4, 0.5) is 4.79 Å². The van der Waals surface area contributed by atoms with Crippen molar-refractivity contribution >= 4 is 22.6 Å². The van der Waals surface area contributed by atoms with Gasteiger partial charge >= 0.3 is 6.03 Å². The number of hydrogen-bond donors (Lipinski definition) is 2. The maximum absolute atomic E-state index is 13.6. The number of fused-ring (bicyclic) bond motifs is 1. The van der Waals surface area contributed by atoms with Crippen LogP contribution in [0.3, 0.4) is 0 Å². The monoisotopic (exact) mass is 549 g/mol. The van der Waals surface area contributed by atoms with Crippen molar-refractivity contribution in [1.82, 2.24) is 38.8 Å². The van der Waals surface area contributed by atoms with Crippen LogP contribution in [0, 0.1) is 11.3 Å². The number of rotatable bonds is 3. The van der Waals surface area contributed by atoms with Crippen molar-refractivity contribution in [2.75, 3.05) is 33.7 Å². The van der Waals surface area contributed by atoms with Crippen LogP contribution in [0.15, 0.2) is 53.7 Å². The Morgan fingerprint density at radius 3 is 2.71 bits per heavy atom. The summed E-state index contributed by atoms with van der Waals surface area (Å²) in [5.74, 6) is 0. The van der Waals surface area contributed by atoms with Crippen LogP contribution in [0.25, 0.3) is 39.1 Å². The minimum atomic E-state index is -0.246.